The summed E-state index contributed by atoms with van der Waals surface area (Å²) in [5, 5.41) is 4.65. The van der Waals surface area contributed by atoms with E-state index in [0.717, 1.165) is 29.7 Å². The molecule has 0 amide bonds. The van der Waals surface area contributed by atoms with Crippen molar-refractivity contribution in [2.75, 3.05) is 5.73 Å². The van der Waals surface area contributed by atoms with Gasteiger partial charge in [-0.1, -0.05) is 37.8 Å². The normalized spacial score (nSPS) is 16.9. The van der Waals surface area contributed by atoms with Crippen LogP contribution in [0.25, 0.3) is 11.1 Å². The molecule has 1 saturated carbocycles. The third-order valence-electron chi connectivity index (χ3n) is 4.47. The standard InChI is InChI=1S/C17H22FN3/c1-21-17(19)15(13-9-6-10-14(18)11-13)16(20-21)12-7-4-2-3-5-8-12/h6,9-12H,2-5,7-8,19H2,1H3. The maximum absolute atomic E-state index is 13.6. The van der Waals surface area contributed by atoms with Crippen molar-refractivity contribution in [2.45, 2.75) is 44.4 Å². The van der Waals surface area contributed by atoms with E-state index in [-0.39, 0.29) is 5.82 Å². The lowest BCUT2D eigenvalue weighted by molar-refractivity contribution is 0.566. The van der Waals surface area contributed by atoms with E-state index < -0.39 is 0 Å². The van der Waals surface area contributed by atoms with Crippen molar-refractivity contribution in [2.24, 2.45) is 7.05 Å². The van der Waals surface area contributed by atoms with Crippen molar-refractivity contribution in [3.8, 4) is 11.1 Å². The predicted octanol–water partition coefficient (Wildman–Crippen LogP) is 4.25. The minimum atomic E-state index is -0.234. The van der Waals surface area contributed by atoms with Crippen molar-refractivity contribution in [3.05, 3.63) is 35.8 Å². The number of benzene rings is 1. The molecule has 1 aromatic carbocycles. The smallest absolute Gasteiger partial charge is 0.129 e. The number of hydrogen-bond donors (Lipinski definition) is 1. The van der Waals surface area contributed by atoms with Crippen molar-refractivity contribution in [1.82, 2.24) is 9.78 Å². The largest absolute Gasteiger partial charge is 0.383 e. The Morgan fingerprint density at radius 1 is 1.19 bits per heavy atom. The highest BCUT2D eigenvalue weighted by Crippen LogP contribution is 2.39. The summed E-state index contributed by atoms with van der Waals surface area (Å²) in [6.45, 7) is 0. The van der Waals surface area contributed by atoms with Crippen LogP contribution in [-0.4, -0.2) is 9.78 Å². The summed E-state index contributed by atoms with van der Waals surface area (Å²) in [5.41, 5.74) is 9.01. The summed E-state index contributed by atoms with van der Waals surface area (Å²) in [4.78, 5) is 0. The summed E-state index contributed by atoms with van der Waals surface area (Å²) >= 11 is 0. The lowest BCUT2D eigenvalue weighted by Crippen LogP contribution is -2.01. The Morgan fingerprint density at radius 2 is 1.90 bits per heavy atom. The van der Waals surface area contributed by atoms with Gasteiger partial charge in [-0.2, -0.15) is 5.10 Å². The molecule has 1 aromatic heterocycles. The summed E-state index contributed by atoms with van der Waals surface area (Å²) in [5.74, 6) is 0.830. The topological polar surface area (TPSA) is 43.8 Å². The number of aromatic nitrogens is 2. The van der Waals surface area contributed by atoms with Crippen LogP contribution in [0.2, 0.25) is 0 Å². The van der Waals surface area contributed by atoms with Crippen LogP contribution in [-0.2, 0) is 7.05 Å². The minimum absolute atomic E-state index is 0.234. The maximum atomic E-state index is 13.6. The fourth-order valence-electron chi connectivity index (χ4n) is 3.34. The molecule has 2 aromatic rings. The lowest BCUT2D eigenvalue weighted by atomic mass is 9.91. The molecule has 0 atom stereocenters. The van der Waals surface area contributed by atoms with Gasteiger partial charge in [-0.05, 0) is 30.5 Å². The van der Waals surface area contributed by atoms with Crippen LogP contribution < -0.4 is 5.73 Å². The first kappa shape index (κ1) is 14.1. The number of rotatable bonds is 2. The van der Waals surface area contributed by atoms with E-state index in [1.807, 2.05) is 13.1 Å². The molecule has 1 aliphatic rings. The summed E-state index contributed by atoms with van der Waals surface area (Å²) < 4.78 is 15.3. The lowest BCUT2D eigenvalue weighted by Gasteiger charge is -2.13. The Kier molecular flexibility index (Phi) is 3.95. The van der Waals surface area contributed by atoms with Gasteiger partial charge in [-0.25, -0.2) is 4.39 Å². The van der Waals surface area contributed by atoms with E-state index in [0.29, 0.717) is 11.7 Å². The second kappa shape index (κ2) is 5.88. The van der Waals surface area contributed by atoms with Crippen molar-refractivity contribution >= 4 is 5.82 Å². The van der Waals surface area contributed by atoms with E-state index in [1.165, 1.54) is 31.7 Å². The van der Waals surface area contributed by atoms with Gasteiger partial charge in [-0.3, -0.25) is 4.68 Å². The van der Waals surface area contributed by atoms with Crippen LogP contribution in [0, 0.1) is 5.82 Å². The van der Waals surface area contributed by atoms with Gasteiger partial charge >= 0.3 is 0 Å². The van der Waals surface area contributed by atoms with Crippen molar-refractivity contribution in [1.29, 1.82) is 0 Å². The van der Waals surface area contributed by atoms with Gasteiger partial charge in [0.25, 0.3) is 0 Å². The Labute approximate surface area is 125 Å². The Morgan fingerprint density at radius 3 is 2.57 bits per heavy atom. The van der Waals surface area contributed by atoms with Crippen molar-refractivity contribution < 1.29 is 4.39 Å². The van der Waals surface area contributed by atoms with Crippen LogP contribution >= 0.6 is 0 Å². The zero-order valence-electron chi connectivity index (χ0n) is 12.5. The molecule has 1 aliphatic carbocycles. The number of nitrogen functional groups attached to an aromatic ring is 1. The van der Waals surface area contributed by atoms with E-state index >= 15 is 0 Å². The molecule has 0 spiro atoms. The molecule has 2 N–H and O–H groups in total. The first-order valence-electron chi connectivity index (χ1n) is 7.75. The highest BCUT2D eigenvalue weighted by molar-refractivity contribution is 5.77. The van der Waals surface area contributed by atoms with Gasteiger partial charge in [0.1, 0.15) is 11.6 Å². The molecule has 4 heteroatoms. The van der Waals surface area contributed by atoms with Crippen LogP contribution in [0.4, 0.5) is 10.2 Å². The SMILES string of the molecule is Cn1nc(C2CCCCCC2)c(-c2cccc(F)c2)c1N. The third-order valence-corrected chi connectivity index (χ3v) is 4.47. The van der Waals surface area contributed by atoms with Gasteiger partial charge in [0.2, 0.25) is 0 Å². The molecule has 0 unspecified atom stereocenters. The fraction of sp³-hybridized carbons (Fsp3) is 0.471. The molecule has 1 heterocycles. The maximum Gasteiger partial charge on any atom is 0.129 e. The average Bonchev–Trinajstić information content (AvgIpc) is 2.68. The number of nitrogens with zero attached hydrogens (tertiary/aromatic N) is 2. The molecule has 0 saturated heterocycles. The zero-order chi connectivity index (χ0) is 14.8. The van der Waals surface area contributed by atoms with E-state index in [4.69, 9.17) is 5.73 Å². The second-order valence-electron chi connectivity index (χ2n) is 5.97. The van der Waals surface area contributed by atoms with E-state index in [1.54, 1.807) is 16.8 Å². The van der Waals surface area contributed by atoms with Gasteiger partial charge in [0.15, 0.2) is 0 Å². The number of anilines is 1. The molecule has 0 bridgehead atoms. The molecule has 112 valence electrons. The monoisotopic (exact) mass is 287 g/mol. The third kappa shape index (κ3) is 2.80. The van der Waals surface area contributed by atoms with Gasteiger partial charge in [0.05, 0.1) is 5.69 Å². The Bertz CT molecular complexity index is 625. The van der Waals surface area contributed by atoms with Gasteiger partial charge < -0.3 is 5.73 Å². The molecule has 1 fully saturated rings. The summed E-state index contributed by atoms with van der Waals surface area (Å²) in [6, 6.07) is 6.65. The number of hydrogen-bond acceptors (Lipinski definition) is 2. The molecule has 3 nitrogen and oxygen atoms in total. The van der Waals surface area contributed by atoms with Crippen molar-refractivity contribution in [3.63, 3.8) is 0 Å². The molecule has 21 heavy (non-hydrogen) atoms. The first-order chi connectivity index (χ1) is 10.2. The molecule has 0 aliphatic heterocycles. The highest BCUT2D eigenvalue weighted by atomic mass is 19.1. The number of nitrogens with two attached hydrogens (primary N) is 1. The van der Waals surface area contributed by atoms with Crippen LogP contribution in [0.5, 0.6) is 0 Å². The molecular formula is C17H22FN3. The van der Waals surface area contributed by atoms with E-state index in [9.17, 15) is 4.39 Å². The quantitative estimate of drug-likeness (QED) is 0.839. The van der Waals surface area contributed by atoms with E-state index in [2.05, 4.69) is 5.10 Å². The fourth-order valence-corrected chi connectivity index (χ4v) is 3.34. The molecule has 3 rings (SSSR count). The van der Waals surface area contributed by atoms with Crippen LogP contribution in [0.15, 0.2) is 24.3 Å². The number of halogens is 1. The second-order valence-corrected chi connectivity index (χ2v) is 5.97. The first-order valence-corrected chi connectivity index (χ1v) is 7.75. The van der Waals surface area contributed by atoms with Crippen LogP contribution in [0.3, 0.4) is 0 Å². The Balaban J connectivity index is 2.06. The molecular weight excluding hydrogens is 265 g/mol. The van der Waals surface area contributed by atoms with Crippen LogP contribution in [0.1, 0.15) is 50.1 Å². The summed E-state index contributed by atoms with van der Waals surface area (Å²) in [7, 11) is 1.86. The minimum Gasteiger partial charge on any atom is -0.383 e. The summed E-state index contributed by atoms with van der Waals surface area (Å²) in [6.07, 6.45) is 7.38. The van der Waals surface area contributed by atoms with Gasteiger partial charge in [-0.15, -0.1) is 0 Å². The predicted molar refractivity (Wildman–Crippen MR) is 83.5 cm³/mol. The van der Waals surface area contributed by atoms with Gasteiger partial charge in [0, 0.05) is 18.5 Å². The highest BCUT2D eigenvalue weighted by Gasteiger charge is 2.24. The zero-order valence-corrected chi connectivity index (χ0v) is 12.5. The Hall–Kier alpha value is -1.84. The number of aryl methyl sites for hydroxylation is 1. The average molecular weight is 287 g/mol. The molecule has 0 radical (unpaired) electrons.